The molecule has 7 nitrogen and oxygen atoms in total. The van der Waals surface area contributed by atoms with Gasteiger partial charge in [-0.3, -0.25) is 9.59 Å². The largest absolute Gasteiger partial charge is 0.481 e. The van der Waals surface area contributed by atoms with Crippen molar-refractivity contribution in [3.05, 3.63) is 77.9 Å². The molecule has 1 aliphatic rings. The predicted molar refractivity (Wildman–Crippen MR) is 155 cm³/mol. The number of hydrogen-bond donors (Lipinski definition) is 4. The lowest BCUT2D eigenvalue weighted by Crippen LogP contribution is -2.38. The Bertz CT molecular complexity index is 1300. The quantitative estimate of drug-likeness (QED) is 0.259. The predicted octanol–water partition coefficient (Wildman–Crippen LogP) is 6.76. The number of aliphatic carboxylic acids is 1. The Morgan fingerprint density at radius 1 is 0.897 bits per heavy atom. The molecule has 0 saturated heterocycles. The Morgan fingerprint density at radius 3 is 2.21 bits per heavy atom. The fourth-order valence-electron chi connectivity index (χ4n) is 5.59. The van der Waals surface area contributed by atoms with Gasteiger partial charge in [0.15, 0.2) is 0 Å². The SMILES string of the molecule is CC(C)(C)C1CCC(C(NC(=O)Nc2ccc3ccccc3c2)c2ccc(C(=O)NCCC(=O)O)cc2)CC1. The maximum atomic E-state index is 13.2. The maximum absolute atomic E-state index is 13.2. The van der Waals surface area contributed by atoms with Crippen molar-refractivity contribution in [1.29, 1.82) is 0 Å². The molecule has 3 aromatic carbocycles. The van der Waals surface area contributed by atoms with Crippen LogP contribution in [0.2, 0.25) is 0 Å². The molecule has 0 heterocycles. The molecule has 7 heteroatoms. The maximum Gasteiger partial charge on any atom is 0.319 e. The smallest absolute Gasteiger partial charge is 0.319 e. The van der Waals surface area contributed by atoms with Crippen LogP contribution in [-0.4, -0.2) is 29.6 Å². The molecule has 39 heavy (non-hydrogen) atoms. The summed E-state index contributed by atoms with van der Waals surface area (Å²) in [5.74, 6) is -0.339. The van der Waals surface area contributed by atoms with Crippen molar-refractivity contribution in [2.24, 2.45) is 17.3 Å². The van der Waals surface area contributed by atoms with Gasteiger partial charge in [0.25, 0.3) is 5.91 Å². The molecule has 3 aromatic rings. The lowest BCUT2D eigenvalue weighted by molar-refractivity contribution is -0.136. The van der Waals surface area contributed by atoms with Crippen molar-refractivity contribution in [1.82, 2.24) is 10.6 Å². The van der Waals surface area contributed by atoms with Crippen LogP contribution in [-0.2, 0) is 4.79 Å². The van der Waals surface area contributed by atoms with Gasteiger partial charge in [0, 0.05) is 17.8 Å². The molecule has 1 saturated carbocycles. The monoisotopic (exact) mass is 529 g/mol. The van der Waals surface area contributed by atoms with Gasteiger partial charge >= 0.3 is 12.0 Å². The zero-order valence-corrected chi connectivity index (χ0v) is 23.0. The van der Waals surface area contributed by atoms with Gasteiger partial charge in [-0.1, -0.05) is 63.2 Å². The van der Waals surface area contributed by atoms with Crippen molar-refractivity contribution in [3.8, 4) is 0 Å². The van der Waals surface area contributed by atoms with Crippen LogP contribution in [0, 0.1) is 17.3 Å². The number of fused-ring (bicyclic) bond motifs is 1. The molecule has 0 aromatic heterocycles. The topological polar surface area (TPSA) is 108 Å². The molecule has 206 valence electrons. The van der Waals surface area contributed by atoms with E-state index in [9.17, 15) is 14.4 Å². The molecule has 1 unspecified atom stereocenters. The minimum absolute atomic E-state index is 0.0755. The van der Waals surface area contributed by atoms with Gasteiger partial charge in [-0.25, -0.2) is 4.79 Å². The summed E-state index contributed by atoms with van der Waals surface area (Å²) in [5.41, 5.74) is 2.40. The number of anilines is 1. The van der Waals surface area contributed by atoms with Crippen molar-refractivity contribution in [3.63, 3.8) is 0 Å². The summed E-state index contributed by atoms with van der Waals surface area (Å²) in [4.78, 5) is 36.4. The summed E-state index contributed by atoms with van der Waals surface area (Å²) in [6.45, 7) is 6.97. The summed E-state index contributed by atoms with van der Waals surface area (Å²) >= 11 is 0. The summed E-state index contributed by atoms with van der Waals surface area (Å²) in [6.07, 6.45) is 4.13. The average Bonchev–Trinajstić information content (AvgIpc) is 2.91. The molecule has 1 fully saturated rings. The Hall–Kier alpha value is -3.87. The normalized spacial score (nSPS) is 18.2. The van der Waals surface area contributed by atoms with Gasteiger partial charge in [-0.05, 0) is 83.5 Å². The molecule has 1 atom stereocenters. The molecule has 0 aliphatic heterocycles. The van der Waals surface area contributed by atoms with E-state index in [0.717, 1.165) is 47.7 Å². The van der Waals surface area contributed by atoms with Gasteiger partial charge in [0.05, 0.1) is 12.5 Å². The third kappa shape index (κ3) is 7.59. The van der Waals surface area contributed by atoms with Gasteiger partial charge in [0.1, 0.15) is 0 Å². The zero-order valence-electron chi connectivity index (χ0n) is 23.0. The average molecular weight is 530 g/mol. The van der Waals surface area contributed by atoms with E-state index in [1.165, 1.54) is 0 Å². The summed E-state index contributed by atoms with van der Waals surface area (Å²) in [5, 5.41) is 19.8. The Kier molecular flexibility index (Phi) is 8.90. The molecule has 0 bridgehead atoms. The molecule has 0 spiro atoms. The molecule has 4 rings (SSSR count). The van der Waals surface area contributed by atoms with E-state index >= 15 is 0 Å². The Morgan fingerprint density at radius 2 is 1.56 bits per heavy atom. The van der Waals surface area contributed by atoms with Crippen LogP contribution in [0.15, 0.2) is 66.7 Å². The highest BCUT2D eigenvalue weighted by Crippen LogP contribution is 2.43. The fraction of sp³-hybridized carbons (Fsp3) is 0.406. The number of carbonyl (C=O) groups is 3. The van der Waals surface area contributed by atoms with Crippen molar-refractivity contribution in [2.75, 3.05) is 11.9 Å². The number of urea groups is 1. The number of hydrogen-bond acceptors (Lipinski definition) is 3. The van der Waals surface area contributed by atoms with Crippen LogP contribution >= 0.6 is 0 Å². The Balaban J connectivity index is 1.49. The van der Waals surface area contributed by atoms with Gasteiger partial charge in [0.2, 0.25) is 0 Å². The lowest BCUT2D eigenvalue weighted by Gasteiger charge is -2.39. The van der Waals surface area contributed by atoms with Crippen molar-refractivity contribution < 1.29 is 19.5 Å². The number of nitrogens with one attached hydrogen (secondary N) is 3. The molecule has 1 aliphatic carbocycles. The highest BCUT2D eigenvalue weighted by Gasteiger charge is 2.34. The second-order valence-corrected chi connectivity index (χ2v) is 11.6. The van der Waals surface area contributed by atoms with Crippen LogP contribution in [0.3, 0.4) is 0 Å². The Labute approximate surface area is 230 Å². The van der Waals surface area contributed by atoms with Crippen LogP contribution in [0.5, 0.6) is 0 Å². The van der Waals surface area contributed by atoms with E-state index in [1.54, 1.807) is 12.1 Å². The first-order valence-electron chi connectivity index (χ1n) is 13.8. The minimum atomic E-state index is -0.956. The standard InChI is InChI=1S/C32H39N3O4/c1-32(2,3)26-15-12-23(13-16-26)29(22-8-10-24(11-9-22)30(38)33-19-18-28(36)37)35-31(39)34-27-17-14-21-6-4-5-7-25(21)20-27/h4-11,14,17,20,23,26,29H,12-13,15-16,18-19H2,1-3H3,(H,33,38)(H,36,37)(H2,34,35,39). The third-order valence-corrected chi connectivity index (χ3v) is 7.92. The molecule has 4 N–H and O–H groups in total. The fourth-order valence-corrected chi connectivity index (χ4v) is 5.59. The second-order valence-electron chi connectivity index (χ2n) is 11.6. The number of benzene rings is 3. The van der Waals surface area contributed by atoms with Crippen molar-refractivity contribution >= 4 is 34.4 Å². The second kappa shape index (κ2) is 12.3. The van der Waals surface area contributed by atoms with E-state index in [2.05, 4.69) is 36.7 Å². The number of carboxylic acid groups (broad SMARTS) is 1. The zero-order chi connectivity index (χ0) is 28.0. The number of carboxylic acids is 1. The van der Waals surface area contributed by atoms with Crippen molar-refractivity contribution in [2.45, 2.75) is 58.9 Å². The number of carbonyl (C=O) groups excluding carboxylic acids is 2. The van der Waals surface area contributed by atoms with Crippen LogP contribution < -0.4 is 16.0 Å². The molecule has 3 amide bonds. The molecule has 0 radical (unpaired) electrons. The number of rotatable bonds is 8. The molecular formula is C32H39N3O4. The first-order valence-corrected chi connectivity index (χ1v) is 13.8. The van der Waals surface area contributed by atoms with E-state index in [4.69, 9.17) is 5.11 Å². The third-order valence-electron chi connectivity index (χ3n) is 7.92. The van der Waals surface area contributed by atoms with Crippen LogP contribution in [0.1, 0.15) is 74.8 Å². The van der Waals surface area contributed by atoms with Crippen LogP contribution in [0.25, 0.3) is 10.8 Å². The van der Waals surface area contributed by atoms with E-state index in [-0.39, 0.29) is 42.3 Å². The number of amides is 3. The minimum Gasteiger partial charge on any atom is -0.481 e. The first kappa shape index (κ1) is 28.1. The molecular weight excluding hydrogens is 490 g/mol. The lowest BCUT2D eigenvalue weighted by atomic mass is 9.68. The van der Waals surface area contributed by atoms with Gasteiger partial charge in [-0.2, -0.15) is 0 Å². The van der Waals surface area contributed by atoms with Crippen LogP contribution in [0.4, 0.5) is 10.5 Å². The van der Waals surface area contributed by atoms with E-state index in [1.807, 2.05) is 54.6 Å². The van der Waals surface area contributed by atoms with E-state index < -0.39 is 5.97 Å². The first-order chi connectivity index (χ1) is 18.6. The summed E-state index contributed by atoms with van der Waals surface area (Å²) in [6, 6.07) is 20.7. The van der Waals surface area contributed by atoms with Gasteiger partial charge in [-0.15, -0.1) is 0 Å². The van der Waals surface area contributed by atoms with Gasteiger partial charge < -0.3 is 21.1 Å². The highest BCUT2D eigenvalue weighted by atomic mass is 16.4. The summed E-state index contributed by atoms with van der Waals surface area (Å²) < 4.78 is 0. The van der Waals surface area contributed by atoms with E-state index in [0.29, 0.717) is 11.5 Å². The summed E-state index contributed by atoms with van der Waals surface area (Å²) in [7, 11) is 0. The highest BCUT2D eigenvalue weighted by molar-refractivity contribution is 5.95.